The van der Waals surface area contributed by atoms with Crippen LogP contribution in [-0.4, -0.2) is 33.2 Å². The highest BCUT2D eigenvalue weighted by Gasteiger charge is 2.18. The monoisotopic (exact) mass is 287 g/mol. The Morgan fingerprint density at radius 3 is 2.86 bits per heavy atom. The van der Waals surface area contributed by atoms with Gasteiger partial charge in [-0.25, -0.2) is 13.9 Å². The van der Waals surface area contributed by atoms with Gasteiger partial charge in [0.15, 0.2) is 0 Å². The molecule has 2 aromatic carbocycles. The number of ether oxygens (including phenoxy) is 1. The number of methoxy groups -OCH3 is 1. The second-order valence-corrected chi connectivity index (χ2v) is 4.30. The van der Waals surface area contributed by atoms with Crippen LogP contribution >= 0.6 is 0 Å². The van der Waals surface area contributed by atoms with Gasteiger partial charge >= 0.3 is 5.97 Å². The number of halogens is 1. The zero-order valence-corrected chi connectivity index (χ0v) is 10.9. The first kappa shape index (κ1) is 13.0. The number of aromatic nitrogens is 3. The zero-order chi connectivity index (χ0) is 15.0. The molecule has 1 heterocycles. The van der Waals surface area contributed by atoms with Gasteiger partial charge < -0.3 is 9.84 Å². The van der Waals surface area contributed by atoms with Gasteiger partial charge in [-0.05, 0) is 24.3 Å². The molecule has 106 valence electrons. The first-order valence-corrected chi connectivity index (χ1v) is 6.03. The van der Waals surface area contributed by atoms with Crippen LogP contribution in [0.3, 0.4) is 0 Å². The van der Waals surface area contributed by atoms with E-state index in [0.29, 0.717) is 11.3 Å². The summed E-state index contributed by atoms with van der Waals surface area (Å²) < 4.78 is 20.3. The van der Waals surface area contributed by atoms with Crippen LogP contribution in [0.15, 0.2) is 36.4 Å². The zero-order valence-electron chi connectivity index (χ0n) is 10.9. The number of fused-ring (bicyclic) bond motifs is 1. The van der Waals surface area contributed by atoms with Crippen molar-refractivity contribution in [1.29, 1.82) is 0 Å². The van der Waals surface area contributed by atoms with Crippen molar-refractivity contribution in [3.63, 3.8) is 0 Å². The number of hydrogen-bond acceptors (Lipinski definition) is 4. The molecule has 0 radical (unpaired) electrons. The Kier molecular flexibility index (Phi) is 3.02. The standard InChI is InChI=1S/C14H10FN3O3/c1-21-8-5-6-10(15)12(7-8)18-13-9(14(19)20)3-2-4-11(13)16-17-18/h2-7H,1H3,(H,19,20). The highest BCUT2D eigenvalue weighted by molar-refractivity contribution is 6.01. The lowest BCUT2D eigenvalue weighted by Crippen LogP contribution is -2.05. The van der Waals surface area contributed by atoms with Crippen LogP contribution in [0.25, 0.3) is 16.7 Å². The Labute approximate surface area is 118 Å². The van der Waals surface area contributed by atoms with E-state index in [0.717, 1.165) is 4.68 Å². The Hall–Kier alpha value is -2.96. The van der Waals surface area contributed by atoms with Crippen LogP contribution in [0, 0.1) is 5.82 Å². The van der Waals surface area contributed by atoms with E-state index in [9.17, 15) is 14.3 Å². The number of carboxylic acid groups (broad SMARTS) is 1. The highest BCUT2D eigenvalue weighted by Crippen LogP contribution is 2.25. The quantitative estimate of drug-likeness (QED) is 0.799. The average Bonchev–Trinajstić information content (AvgIpc) is 2.91. The van der Waals surface area contributed by atoms with Crippen molar-refractivity contribution in [2.45, 2.75) is 0 Å². The molecule has 21 heavy (non-hydrogen) atoms. The third-order valence-corrected chi connectivity index (χ3v) is 3.08. The molecule has 7 heteroatoms. The number of rotatable bonds is 3. The van der Waals surface area contributed by atoms with E-state index in [4.69, 9.17) is 4.74 Å². The first-order valence-electron chi connectivity index (χ1n) is 6.03. The third kappa shape index (κ3) is 2.08. The molecule has 1 aromatic heterocycles. The van der Waals surface area contributed by atoms with Gasteiger partial charge in [0.2, 0.25) is 0 Å². The molecule has 6 nitrogen and oxygen atoms in total. The highest BCUT2D eigenvalue weighted by atomic mass is 19.1. The molecule has 3 aromatic rings. The molecule has 0 aliphatic heterocycles. The summed E-state index contributed by atoms with van der Waals surface area (Å²) >= 11 is 0. The van der Waals surface area contributed by atoms with Crippen LogP contribution in [0.4, 0.5) is 4.39 Å². The first-order chi connectivity index (χ1) is 10.1. The van der Waals surface area contributed by atoms with Crippen molar-refractivity contribution in [2.75, 3.05) is 7.11 Å². The molecule has 0 saturated heterocycles. The predicted molar refractivity (Wildman–Crippen MR) is 72.3 cm³/mol. The van der Waals surface area contributed by atoms with E-state index < -0.39 is 11.8 Å². The van der Waals surface area contributed by atoms with E-state index in [1.165, 1.54) is 31.4 Å². The van der Waals surface area contributed by atoms with Gasteiger partial charge in [0.25, 0.3) is 0 Å². The van der Waals surface area contributed by atoms with E-state index >= 15 is 0 Å². The second-order valence-electron chi connectivity index (χ2n) is 4.30. The summed E-state index contributed by atoms with van der Waals surface area (Å²) in [6.45, 7) is 0. The molecule has 0 unspecified atom stereocenters. The summed E-state index contributed by atoms with van der Waals surface area (Å²) in [5.74, 6) is -1.25. The van der Waals surface area contributed by atoms with Crippen molar-refractivity contribution >= 4 is 17.0 Å². The molecular formula is C14H10FN3O3. The number of aromatic carboxylic acids is 1. The smallest absolute Gasteiger partial charge is 0.337 e. The number of benzene rings is 2. The van der Waals surface area contributed by atoms with Crippen molar-refractivity contribution in [3.05, 3.63) is 47.8 Å². The Bertz CT molecular complexity index is 845. The van der Waals surface area contributed by atoms with Gasteiger partial charge in [-0.3, -0.25) is 0 Å². The topological polar surface area (TPSA) is 77.2 Å². The van der Waals surface area contributed by atoms with Crippen molar-refractivity contribution in [2.24, 2.45) is 0 Å². The van der Waals surface area contributed by atoms with Gasteiger partial charge in [0.1, 0.15) is 28.3 Å². The second kappa shape index (κ2) is 4.86. The minimum absolute atomic E-state index is 0.000259. The number of nitrogens with zero attached hydrogens (tertiary/aromatic N) is 3. The molecular weight excluding hydrogens is 277 g/mol. The van der Waals surface area contributed by atoms with Gasteiger partial charge in [-0.15, -0.1) is 5.10 Å². The summed E-state index contributed by atoms with van der Waals surface area (Å²) in [7, 11) is 1.46. The fourth-order valence-electron chi connectivity index (χ4n) is 2.10. The fourth-order valence-corrected chi connectivity index (χ4v) is 2.10. The van der Waals surface area contributed by atoms with Crippen molar-refractivity contribution in [3.8, 4) is 11.4 Å². The molecule has 1 N–H and O–H groups in total. The van der Waals surface area contributed by atoms with E-state index in [-0.39, 0.29) is 16.8 Å². The van der Waals surface area contributed by atoms with Gasteiger partial charge in [-0.1, -0.05) is 11.3 Å². The van der Waals surface area contributed by atoms with Crippen molar-refractivity contribution in [1.82, 2.24) is 15.0 Å². The van der Waals surface area contributed by atoms with E-state index in [1.54, 1.807) is 12.1 Å². The van der Waals surface area contributed by atoms with Crippen molar-refractivity contribution < 1.29 is 19.0 Å². The summed E-state index contributed by atoms with van der Waals surface area (Å²) in [5, 5.41) is 17.0. The molecule has 0 aliphatic carbocycles. The van der Waals surface area contributed by atoms with Crippen LogP contribution in [0.5, 0.6) is 5.75 Å². The lowest BCUT2D eigenvalue weighted by atomic mass is 10.1. The normalized spacial score (nSPS) is 10.8. The molecule has 0 bridgehead atoms. The van der Waals surface area contributed by atoms with Gasteiger partial charge in [0, 0.05) is 6.07 Å². The molecule has 0 atom stereocenters. The lowest BCUT2D eigenvalue weighted by molar-refractivity contribution is 0.0698. The van der Waals surface area contributed by atoms with E-state index in [2.05, 4.69) is 10.3 Å². The lowest BCUT2D eigenvalue weighted by Gasteiger charge is -2.07. The average molecular weight is 287 g/mol. The molecule has 0 fully saturated rings. The predicted octanol–water partition coefficient (Wildman–Crippen LogP) is 2.27. The largest absolute Gasteiger partial charge is 0.497 e. The summed E-state index contributed by atoms with van der Waals surface area (Å²) in [5.41, 5.74) is 0.680. The molecule has 3 rings (SSSR count). The van der Waals surface area contributed by atoms with Crippen LogP contribution < -0.4 is 4.74 Å². The minimum Gasteiger partial charge on any atom is -0.497 e. The minimum atomic E-state index is -1.13. The third-order valence-electron chi connectivity index (χ3n) is 3.08. The number of carbonyl (C=O) groups is 1. The van der Waals surface area contributed by atoms with Crippen LogP contribution in [-0.2, 0) is 0 Å². The SMILES string of the molecule is COc1ccc(F)c(-n2nnc3cccc(C(=O)O)c32)c1. The summed E-state index contributed by atoms with van der Waals surface area (Å²) in [6.07, 6.45) is 0. The molecule has 0 spiro atoms. The summed E-state index contributed by atoms with van der Waals surface area (Å²) in [6, 6.07) is 8.72. The Balaban J connectivity index is 2.33. The number of carboxylic acids is 1. The van der Waals surface area contributed by atoms with E-state index in [1.807, 2.05) is 0 Å². The molecule has 0 saturated carbocycles. The molecule has 0 aliphatic rings. The molecule has 0 amide bonds. The number of para-hydroxylation sites is 1. The van der Waals surface area contributed by atoms with Crippen LogP contribution in [0.2, 0.25) is 0 Å². The Morgan fingerprint density at radius 2 is 2.14 bits per heavy atom. The van der Waals surface area contributed by atoms with Crippen LogP contribution in [0.1, 0.15) is 10.4 Å². The Morgan fingerprint density at radius 1 is 1.33 bits per heavy atom. The van der Waals surface area contributed by atoms with Gasteiger partial charge in [-0.2, -0.15) is 0 Å². The number of hydrogen-bond donors (Lipinski definition) is 1. The fraction of sp³-hybridized carbons (Fsp3) is 0.0714. The maximum Gasteiger partial charge on any atom is 0.337 e. The van der Waals surface area contributed by atoms with Gasteiger partial charge in [0.05, 0.1) is 12.7 Å². The summed E-state index contributed by atoms with van der Waals surface area (Å²) in [4.78, 5) is 11.3. The maximum absolute atomic E-state index is 14.0. The maximum atomic E-state index is 14.0.